The highest BCUT2D eigenvalue weighted by atomic mass is 32.2. The van der Waals surface area contributed by atoms with Gasteiger partial charge in [0, 0.05) is 44.7 Å². The number of hydrogen-bond acceptors (Lipinski definition) is 7. The first-order valence-electron chi connectivity index (χ1n) is 12.0. The second-order valence-corrected chi connectivity index (χ2v) is 11.0. The number of carbonyl (C=O) groups is 2. The van der Waals surface area contributed by atoms with Crippen molar-refractivity contribution in [2.24, 2.45) is 5.92 Å². The van der Waals surface area contributed by atoms with Crippen molar-refractivity contribution in [2.75, 3.05) is 57.8 Å². The zero-order valence-electron chi connectivity index (χ0n) is 19.8. The van der Waals surface area contributed by atoms with Crippen LogP contribution in [-0.4, -0.2) is 88.0 Å². The minimum Gasteiger partial charge on any atom is -0.479 e. The molecular weight excluding hydrogens is 460 g/mol. The van der Waals surface area contributed by atoms with Crippen LogP contribution in [0.3, 0.4) is 0 Å². The van der Waals surface area contributed by atoms with Crippen molar-refractivity contribution in [3.63, 3.8) is 0 Å². The van der Waals surface area contributed by atoms with Gasteiger partial charge >= 0.3 is 0 Å². The maximum Gasteiger partial charge on any atom is 0.265 e. The van der Waals surface area contributed by atoms with Gasteiger partial charge in [-0.2, -0.15) is 4.31 Å². The summed E-state index contributed by atoms with van der Waals surface area (Å²) in [5, 5.41) is 5.75. The molecule has 1 unspecified atom stereocenters. The van der Waals surface area contributed by atoms with E-state index in [1.54, 1.807) is 19.9 Å². The molecule has 0 aliphatic carbocycles. The van der Waals surface area contributed by atoms with E-state index in [1.807, 2.05) is 0 Å². The van der Waals surface area contributed by atoms with Gasteiger partial charge in [0.15, 0.2) is 6.10 Å². The lowest BCUT2D eigenvalue weighted by Gasteiger charge is -2.31. The van der Waals surface area contributed by atoms with E-state index in [2.05, 4.69) is 15.5 Å². The predicted molar refractivity (Wildman–Crippen MR) is 126 cm³/mol. The van der Waals surface area contributed by atoms with Crippen LogP contribution in [0.5, 0.6) is 5.75 Å². The van der Waals surface area contributed by atoms with Crippen molar-refractivity contribution in [3.05, 3.63) is 17.7 Å². The average Bonchev–Trinajstić information content (AvgIpc) is 2.83. The highest BCUT2D eigenvalue weighted by Gasteiger charge is 2.34. The van der Waals surface area contributed by atoms with Crippen molar-refractivity contribution >= 4 is 27.5 Å². The number of ether oxygens (including phenoxy) is 2. The fraction of sp³-hybridized carbons (Fsp3) is 0.652. The summed E-state index contributed by atoms with van der Waals surface area (Å²) in [5.74, 6) is -0.0902. The van der Waals surface area contributed by atoms with Crippen LogP contribution < -0.4 is 15.4 Å². The van der Waals surface area contributed by atoms with Gasteiger partial charge in [-0.1, -0.05) is 0 Å². The molecule has 0 spiro atoms. The fourth-order valence-corrected chi connectivity index (χ4v) is 6.29. The number of piperidine rings is 1. The summed E-state index contributed by atoms with van der Waals surface area (Å²) >= 11 is 0. The second kappa shape index (κ2) is 10.6. The second-order valence-electron chi connectivity index (χ2n) is 9.14. The topological polar surface area (TPSA) is 117 Å². The third kappa shape index (κ3) is 5.54. The minimum atomic E-state index is -3.75. The number of rotatable bonds is 7. The van der Waals surface area contributed by atoms with E-state index in [4.69, 9.17) is 9.47 Å². The van der Waals surface area contributed by atoms with Crippen molar-refractivity contribution < 1.29 is 27.5 Å². The highest BCUT2D eigenvalue weighted by molar-refractivity contribution is 7.89. The van der Waals surface area contributed by atoms with Gasteiger partial charge in [0.25, 0.3) is 5.91 Å². The summed E-state index contributed by atoms with van der Waals surface area (Å²) in [4.78, 5) is 26.9. The molecule has 0 radical (unpaired) electrons. The molecule has 3 aliphatic rings. The number of sulfonamides is 1. The van der Waals surface area contributed by atoms with Crippen LogP contribution in [0.1, 0.15) is 31.7 Å². The smallest absolute Gasteiger partial charge is 0.265 e. The molecule has 1 aromatic carbocycles. The Balaban J connectivity index is 1.30. The number of benzene rings is 1. The molecule has 11 heteroatoms. The van der Waals surface area contributed by atoms with E-state index in [0.29, 0.717) is 49.5 Å². The number of amides is 2. The number of morpholine rings is 1. The number of nitrogens with one attached hydrogen (secondary N) is 2. The average molecular weight is 495 g/mol. The van der Waals surface area contributed by atoms with Crippen LogP contribution in [-0.2, 0) is 24.3 Å². The molecular formula is C23H34N4O6S. The molecule has 1 aromatic rings. The normalized spacial score (nSPS) is 22.5. The number of fused-ring (bicyclic) bond motifs is 1. The Morgan fingerprint density at radius 2 is 1.88 bits per heavy atom. The maximum absolute atomic E-state index is 13.3. The minimum absolute atomic E-state index is 0.00196. The molecule has 2 saturated heterocycles. The zero-order valence-corrected chi connectivity index (χ0v) is 20.7. The van der Waals surface area contributed by atoms with Crippen LogP contribution in [0.2, 0.25) is 0 Å². The lowest BCUT2D eigenvalue weighted by atomic mass is 9.97. The van der Waals surface area contributed by atoms with Crippen molar-refractivity contribution in [2.45, 2.75) is 44.1 Å². The molecule has 4 rings (SSSR count). The molecule has 0 aromatic heterocycles. The first kappa shape index (κ1) is 24.9. The Morgan fingerprint density at radius 3 is 2.59 bits per heavy atom. The summed E-state index contributed by atoms with van der Waals surface area (Å²) in [6, 6.07) is 3.12. The fourth-order valence-electron chi connectivity index (χ4n) is 4.60. The van der Waals surface area contributed by atoms with E-state index >= 15 is 0 Å². The first-order chi connectivity index (χ1) is 16.3. The molecule has 34 heavy (non-hydrogen) atoms. The summed E-state index contributed by atoms with van der Waals surface area (Å²) in [5.41, 5.74) is 1.01. The Morgan fingerprint density at radius 1 is 1.18 bits per heavy atom. The molecule has 10 nitrogen and oxygen atoms in total. The standard InChI is InChI=1S/C23H34N4O6S/c1-16-14-19-20(33-17(2)22(28)25-19)15-21(16)34(30,31)27-8-4-18(5-9-27)23(29)24-6-3-7-26-10-12-32-13-11-26/h14-15,17-18H,3-13H2,1-2H3,(H,24,29)(H,25,28). The molecule has 1 atom stereocenters. The predicted octanol–water partition coefficient (Wildman–Crippen LogP) is 0.954. The van der Waals surface area contributed by atoms with Crippen LogP contribution in [0, 0.1) is 12.8 Å². The van der Waals surface area contributed by atoms with Gasteiger partial charge in [-0.25, -0.2) is 8.42 Å². The van der Waals surface area contributed by atoms with Crippen molar-refractivity contribution in [1.82, 2.24) is 14.5 Å². The van der Waals surface area contributed by atoms with E-state index in [0.717, 1.165) is 39.3 Å². The SMILES string of the molecule is Cc1cc2c(cc1S(=O)(=O)N1CCC(C(=O)NCCCN3CCOCC3)CC1)OC(C)C(=O)N2. The Labute approximate surface area is 201 Å². The Hall–Kier alpha value is -2.21. The van der Waals surface area contributed by atoms with Gasteiger partial charge in [0.05, 0.1) is 23.8 Å². The molecule has 0 saturated carbocycles. The van der Waals surface area contributed by atoms with Gasteiger partial charge in [-0.15, -0.1) is 0 Å². The maximum atomic E-state index is 13.3. The van der Waals surface area contributed by atoms with Gasteiger partial charge in [-0.05, 0) is 51.3 Å². The first-order valence-corrected chi connectivity index (χ1v) is 13.4. The van der Waals surface area contributed by atoms with Crippen molar-refractivity contribution in [1.29, 1.82) is 0 Å². The van der Waals surface area contributed by atoms with Gasteiger partial charge in [0.1, 0.15) is 5.75 Å². The number of hydrogen-bond donors (Lipinski definition) is 2. The molecule has 2 amide bonds. The molecule has 188 valence electrons. The largest absolute Gasteiger partial charge is 0.479 e. The molecule has 0 bridgehead atoms. The summed E-state index contributed by atoms with van der Waals surface area (Å²) in [6.07, 6.45) is 1.18. The van der Waals surface area contributed by atoms with Crippen LogP contribution in [0.25, 0.3) is 0 Å². The molecule has 3 aliphatic heterocycles. The van der Waals surface area contributed by atoms with E-state index in [-0.39, 0.29) is 22.6 Å². The number of carbonyl (C=O) groups excluding carboxylic acids is 2. The van der Waals surface area contributed by atoms with Crippen LogP contribution in [0.4, 0.5) is 5.69 Å². The highest BCUT2D eigenvalue weighted by Crippen LogP contribution is 2.36. The third-order valence-corrected chi connectivity index (χ3v) is 8.75. The summed E-state index contributed by atoms with van der Waals surface area (Å²) < 4.78 is 39.1. The quantitative estimate of drug-likeness (QED) is 0.542. The Kier molecular flexibility index (Phi) is 7.76. The van der Waals surface area contributed by atoms with Crippen LogP contribution in [0.15, 0.2) is 17.0 Å². The molecule has 2 fully saturated rings. The Bertz CT molecular complexity index is 1020. The molecule has 2 N–H and O–H groups in total. The summed E-state index contributed by atoms with van der Waals surface area (Å²) in [6.45, 7) is 8.86. The zero-order chi connectivity index (χ0) is 24.3. The monoisotopic (exact) mass is 494 g/mol. The van der Waals surface area contributed by atoms with Gasteiger partial charge in [-0.3, -0.25) is 14.5 Å². The number of anilines is 1. The van der Waals surface area contributed by atoms with Crippen molar-refractivity contribution in [3.8, 4) is 5.75 Å². The van der Waals surface area contributed by atoms with Crippen LogP contribution >= 0.6 is 0 Å². The van der Waals surface area contributed by atoms with Gasteiger partial charge < -0.3 is 20.1 Å². The summed E-state index contributed by atoms with van der Waals surface area (Å²) in [7, 11) is -3.75. The number of aryl methyl sites for hydroxylation is 1. The molecule has 3 heterocycles. The van der Waals surface area contributed by atoms with E-state index in [9.17, 15) is 18.0 Å². The number of nitrogens with zero attached hydrogens (tertiary/aromatic N) is 2. The lowest BCUT2D eigenvalue weighted by Crippen LogP contribution is -2.43. The van der Waals surface area contributed by atoms with E-state index in [1.165, 1.54) is 10.4 Å². The lowest BCUT2D eigenvalue weighted by molar-refractivity contribution is -0.126. The van der Waals surface area contributed by atoms with Gasteiger partial charge in [0.2, 0.25) is 15.9 Å². The van der Waals surface area contributed by atoms with E-state index < -0.39 is 16.1 Å². The third-order valence-electron chi connectivity index (χ3n) is 6.70.